The molecule has 2 N–H and O–H groups in total. The molecule has 0 radical (unpaired) electrons. The lowest BCUT2D eigenvalue weighted by molar-refractivity contribution is -0.138. The minimum Gasteiger partial charge on any atom is -0.450 e. The molecule has 22 nitrogen and oxygen atoms in total. The van der Waals surface area contributed by atoms with E-state index in [9.17, 15) is 85.0 Å². The fourth-order valence-electron chi connectivity index (χ4n) is 14.3. The number of Topliss-reactive ketones (excluding diaryl/α,β-unsaturated/α-hetero) is 3. The summed E-state index contributed by atoms with van der Waals surface area (Å²) in [6.45, 7) is 9.92. The van der Waals surface area contributed by atoms with Gasteiger partial charge in [0.25, 0.3) is 5.91 Å². The van der Waals surface area contributed by atoms with Crippen molar-refractivity contribution >= 4 is 90.3 Å². The van der Waals surface area contributed by atoms with Crippen molar-refractivity contribution in [1.82, 2.24) is 49.8 Å². The summed E-state index contributed by atoms with van der Waals surface area (Å²) in [5.74, 6) is -6.78. The van der Waals surface area contributed by atoms with Gasteiger partial charge in [-0.05, 0) is 122 Å². The molecular weight excluding hydrogens is 1860 g/mol. The number of nitrogens with one attached hydrogen (secondary N) is 1. The number of aromatic nitrogens is 9. The first kappa shape index (κ1) is 95.2. The second kappa shape index (κ2) is 40.8. The highest BCUT2D eigenvalue weighted by atomic mass is 35.5. The van der Waals surface area contributed by atoms with Crippen molar-refractivity contribution in [3.63, 3.8) is 0 Å². The fourth-order valence-corrected chi connectivity index (χ4v) is 18.7. The maximum absolute atomic E-state index is 14.0. The first-order valence-electron chi connectivity index (χ1n) is 39.8. The van der Waals surface area contributed by atoms with Gasteiger partial charge in [0.05, 0.1) is 96.6 Å². The molecule has 2 fully saturated rings. The summed E-state index contributed by atoms with van der Waals surface area (Å²) < 4.78 is 230. The van der Waals surface area contributed by atoms with Crippen LogP contribution in [0.15, 0.2) is 183 Å². The van der Waals surface area contributed by atoms with E-state index in [1.54, 1.807) is 33.9 Å². The predicted octanol–water partition coefficient (Wildman–Crippen LogP) is 23.7. The third-order valence-corrected chi connectivity index (χ3v) is 25.0. The van der Waals surface area contributed by atoms with Gasteiger partial charge in [-0.25, -0.2) is 71.2 Å². The van der Waals surface area contributed by atoms with Crippen LogP contribution in [0.3, 0.4) is 0 Å². The van der Waals surface area contributed by atoms with Crippen LogP contribution in [0.1, 0.15) is 128 Å². The lowest BCUT2D eigenvalue weighted by Gasteiger charge is -2.41. The number of ether oxygens (including phenoxy) is 1. The maximum atomic E-state index is 14.0. The highest BCUT2D eigenvalue weighted by Crippen LogP contribution is 2.47. The normalized spacial score (nSPS) is 13.2. The molecule has 1 amide bonds. The van der Waals surface area contributed by atoms with Crippen LogP contribution in [0.4, 0.5) is 76.0 Å². The van der Waals surface area contributed by atoms with Crippen LogP contribution < -0.4 is 15.0 Å². The lowest BCUT2D eigenvalue weighted by Crippen LogP contribution is -2.50. The molecule has 42 heteroatoms. The number of amides is 1. The molecular formula is C90H68ClF15N12O10S4. The number of nitrogens with zero attached hydrogens (tertiary/aromatic N) is 11. The Hall–Kier alpha value is -12.9. The average Bonchev–Trinajstić information content (AvgIpc) is 1.65. The first-order valence-corrected chi connectivity index (χ1v) is 43.4. The molecule has 1 saturated carbocycles. The Morgan fingerprint density at radius 2 is 0.947 bits per heavy atom. The first-order chi connectivity index (χ1) is 62.9. The Morgan fingerprint density at radius 1 is 0.485 bits per heavy atom. The zero-order chi connectivity index (χ0) is 94.2. The van der Waals surface area contributed by atoms with Gasteiger partial charge >= 0.3 is 18.5 Å². The van der Waals surface area contributed by atoms with Crippen LogP contribution in [0, 0.1) is 62.6 Å². The van der Waals surface area contributed by atoms with Crippen molar-refractivity contribution < 1.29 is 113 Å². The van der Waals surface area contributed by atoms with E-state index in [0.717, 1.165) is 163 Å². The Labute approximate surface area is 759 Å². The molecule has 9 aromatic heterocycles. The van der Waals surface area contributed by atoms with E-state index in [4.69, 9.17) is 44.1 Å². The SMILES string of the molecule is Cc1nc(C)c(-c2nc(CC(=O)c3c(F)cccc3F)sc2-c2cccc(C(F)(F)F)c2)o1.Cc1ncc(-c2nc(NC(=O)c3cnc(OCO)c(Cl)c3)sc2N2CCN(C3CCCCC3)CC2)o1.Cc1ncoc1-c1nc(CC(=O)c2c(F)cccc2F)sc1-c1cccc(C(F)(F)F)c1.O=C(Cc1nc(-c2cnco2)c(-c2cccc(C(F)(F)F)c2)s1)c1c(F)cccc1F. The van der Waals surface area contributed by atoms with Crippen molar-refractivity contribution in [2.75, 3.05) is 43.2 Å². The third-order valence-electron chi connectivity index (χ3n) is 20.4. The van der Waals surface area contributed by atoms with Gasteiger partial charge in [0, 0.05) is 52.3 Å². The fraction of sp³-hybridized carbons (Fsp3) is 0.233. The van der Waals surface area contributed by atoms with E-state index < -0.39 is 136 Å². The molecule has 6 aromatic carbocycles. The number of aliphatic hydroxyl groups is 1. The number of anilines is 2. The minimum absolute atomic E-state index is 0.0580. The monoisotopic (exact) mass is 1920 g/mol. The number of pyridine rings is 1. The minimum atomic E-state index is -4.55. The number of thiazole rings is 4. The van der Waals surface area contributed by atoms with Crippen LogP contribution in [0.5, 0.6) is 5.88 Å². The Morgan fingerprint density at radius 3 is 1.36 bits per heavy atom. The van der Waals surface area contributed by atoms with Gasteiger partial charge in [-0.3, -0.25) is 29.4 Å². The molecule has 2 aliphatic rings. The number of oxazole rings is 4. The summed E-state index contributed by atoms with van der Waals surface area (Å²) in [5, 5.41) is 13.8. The van der Waals surface area contributed by atoms with Gasteiger partial charge in [-0.15, -0.1) is 34.0 Å². The Balaban J connectivity index is 0.000000142. The van der Waals surface area contributed by atoms with Crippen LogP contribution >= 0.6 is 56.9 Å². The maximum Gasteiger partial charge on any atom is 0.416 e. The summed E-state index contributed by atoms with van der Waals surface area (Å²) >= 11 is 10.3. The summed E-state index contributed by atoms with van der Waals surface area (Å²) in [6, 6.07) is 25.3. The van der Waals surface area contributed by atoms with E-state index in [1.165, 1.54) is 105 Å². The molecule has 1 aliphatic heterocycles. The van der Waals surface area contributed by atoms with Gasteiger partial charge in [0.15, 0.2) is 76.9 Å². The highest BCUT2D eigenvalue weighted by molar-refractivity contribution is 7.20. The summed E-state index contributed by atoms with van der Waals surface area (Å²) in [5.41, 5.74) is -1.61. The highest BCUT2D eigenvalue weighted by Gasteiger charge is 2.37. The van der Waals surface area contributed by atoms with Crippen molar-refractivity contribution in [3.8, 4) is 83.0 Å². The Kier molecular flexibility index (Phi) is 29.4. The third kappa shape index (κ3) is 22.4. The number of hydrogen-bond donors (Lipinski definition) is 2. The zero-order valence-electron chi connectivity index (χ0n) is 69.1. The number of aryl methyl sites for hydroxylation is 4. The molecule has 17 rings (SSSR count). The average molecular weight is 1930 g/mol. The molecule has 0 unspecified atom stereocenters. The molecule has 15 aromatic rings. The van der Waals surface area contributed by atoms with Crippen LogP contribution in [-0.2, 0) is 37.8 Å². The number of alkyl halides is 9. The van der Waals surface area contributed by atoms with Gasteiger partial charge < -0.3 is 32.4 Å². The molecule has 132 heavy (non-hydrogen) atoms. The number of halogens is 16. The number of aliphatic hydroxyl groups excluding tert-OH is 1. The summed E-state index contributed by atoms with van der Waals surface area (Å²) in [4.78, 5) is 94.3. The van der Waals surface area contributed by atoms with E-state index in [1.807, 2.05) is 0 Å². The predicted molar refractivity (Wildman–Crippen MR) is 459 cm³/mol. The van der Waals surface area contributed by atoms with Gasteiger partial charge in [-0.1, -0.05) is 96.8 Å². The second-order valence-electron chi connectivity index (χ2n) is 29.4. The molecule has 10 heterocycles. The van der Waals surface area contributed by atoms with Crippen molar-refractivity contribution in [2.45, 2.75) is 104 Å². The largest absolute Gasteiger partial charge is 0.450 e. The number of carbonyl (C=O) groups is 4. The molecule has 684 valence electrons. The molecule has 1 saturated heterocycles. The Bertz CT molecular complexity index is 6650. The summed E-state index contributed by atoms with van der Waals surface area (Å²) in [6.07, 6.45) is -1.74. The van der Waals surface area contributed by atoms with E-state index in [-0.39, 0.29) is 82.5 Å². The van der Waals surface area contributed by atoms with Crippen molar-refractivity contribution in [1.29, 1.82) is 0 Å². The quantitative estimate of drug-likeness (QED) is 0.0362. The topological polar surface area (TPSA) is 285 Å². The van der Waals surface area contributed by atoms with Crippen LogP contribution in [0.2, 0.25) is 5.02 Å². The van der Waals surface area contributed by atoms with Gasteiger partial charge in [-0.2, -0.15) is 39.5 Å². The molecule has 0 spiro atoms. The standard InChI is InChI=1S/C24H29ClN6O4S.C23H15F5N2O2S.C22H13F5N2O2S.C21H11F5N2O2S/c1-15-26-13-19(35-15)20-23(31-9-7-30(8-10-31)17-5-3-2-4-6-17)36-24(28-20)29-21(33)16-11-18(25)22(27-12-16)34-14-32;1-11-21(32-12(2)29-11)20-22(13-5-3-6-14(9-13)23(26,27)28)33-18(30-20)10-17(31)19-15(24)7-4-8-16(19)25;1-11-20(31-10-28-11)19-21(12-4-2-5-13(8-12)22(25,26)27)32-17(29-19)9-16(30)18-14(23)6-3-7-15(18)24;22-13-5-2-6-14(23)18(13)15(29)8-17-28-19(16-9-27-10-30-16)20(31-17)11-3-1-4-12(7-11)21(24,25)26/h11-13,17,32H,2-10,14H2,1H3,(H,28,29,33);3-9H,10H2,1-2H3;2-8,10H,9H2,1H3;1-7,9-10H,8H2. The zero-order valence-corrected chi connectivity index (χ0v) is 73.1. The number of hydrogen-bond acceptors (Lipinski definition) is 25. The second-order valence-corrected chi connectivity index (χ2v) is 34.1. The van der Waals surface area contributed by atoms with Gasteiger partial charge in [0.1, 0.15) is 82.7 Å². The van der Waals surface area contributed by atoms with Crippen LogP contribution in [0.25, 0.3) is 77.1 Å². The number of piperazine rings is 1. The molecule has 0 atom stereocenters. The van der Waals surface area contributed by atoms with Gasteiger partial charge in [0.2, 0.25) is 5.88 Å². The smallest absolute Gasteiger partial charge is 0.416 e. The van der Waals surface area contributed by atoms with Crippen molar-refractivity contribution in [3.05, 3.63) is 282 Å². The van der Waals surface area contributed by atoms with E-state index in [2.05, 4.69) is 55.0 Å². The van der Waals surface area contributed by atoms with E-state index in [0.29, 0.717) is 60.4 Å². The number of carbonyl (C=O) groups excluding carboxylic acids is 4. The van der Waals surface area contributed by atoms with E-state index >= 15 is 0 Å². The van der Waals surface area contributed by atoms with Crippen molar-refractivity contribution in [2.24, 2.45) is 0 Å². The summed E-state index contributed by atoms with van der Waals surface area (Å²) in [7, 11) is 0. The molecule has 0 bridgehead atoms. The number of benzene rings is 6. The molecule has 1 aliphatic carbocycles. The number of ketones is 3. The lowest BCUT2D eigenvalue weighted by atomic mass is 9.94. The number of rotatable bonds is 22. The van der Waals surface area contributed by atoms with Crippen LogP contribution in [-0.4, -0.2) is 117 Å².